The van der Waals surface area contributed by atoms with Crippen LogP contribution in [0.1, 0.15) is 16.1 Å². The van der Waals surface area contributed by atoms with Gasteiger partial charge in [0, 0.05) is 35.7 Å². The predicted molar refractivity (Wildman–Crippen MR) is 135 cm³/mol. The minimum atomic E-state index is -0.00578. The van der Waals surface area contributed by atoms with Gasteiger partial charge in [-0.2, -0.15) is 11.8 Å². The quantitative estimate of drug-likeness (QED) is 0.401. The number of ether oxygens (including phenoxy) is 1. The standard InChI is InChI=1S/C27H25N3O2S/c31-27(30-14-16-33-17-15-30)26-18-25(23-8-4-5-9-24(23)29-26)28-21-10-12-22(13-11-21)32-19-20-6-2-1-3-7-20/h1-13,18H,14-17,19H2,(H,28,29). The van der Waals surface area contributed by atoms with Crippen LogP contribution in [0.2, 0.25) is 0 Å². The Morgan fingerprint density at radius 1 is 0.939 bits per heavy atom. The smallest absolute Gasteiger partial charge is 0.272 e. The van der Waals surface area contributed by atoms with Gasteiger partial charge in [0.2, 0.25) is 0 Å². The molecule has 5 rings (SSSR count). The molecule has 0 saturated carbocycles. The fraction of sp³-hybridized carbons (Fsp3) is 0.185. The van der Waals surface area contributed by atoms with Crippen LogP contribution >= 0.6 is 11.8 Å². The first-order valence-electron chi connectivity index (χ1n) is 11.1. The van der Waals surface area contributed by atoms with Gasteiger partial charge in [0.15, 0.2) is 0 Å². The molecular formula is C27H25N3O2S. The van der Waals surface area contributed by atoms with Crippen molar-refractivity contribution in [1.82, 2.24) is 9.88 Å². The molecule has 1 aromatic heterocycles. The highest BCUT2D eigenvalue weighted by Gasteiger charge is 2.21. The molecule has 0 radical (unpaired) electrons. The van der Waals surface area contributed by atoms with Crippen LogP contribution in [-0.2, 0) is 6.61 Å². The SMILES string of the molecule is O=C(c1cc(Nc2ccc(OCc3ccccc3)cc2)c2ccccc2n1)N1CCSCC1. The summed E-state index contributed by atoms with van der Waals surface area (Å²) in [6.45, 7) is 2.07. The van der Waals surface area contributed by atoms with E-state index in [0.717, 1.165) is 58.2 Å². The van der Waals surface area contributed by atoms with E-state index in [-0.39, 0.29) is 5.91 Å². The summed E-state index contributed by atoms with van der Waals surface area (Å²) in [5, 5.41) is 4.46. The number of benzene rings is 3. The molecule has 6 heteroatoms. The molecule has 4 aromatic rings. The van der Waals surface area contributed by atoms with Crippen molar-refractivity contribution >= 4 is 39.9 Å². The molecule has 1 aliphatic heterocycles. The third kappa shape index (κ3) is 5.12. The number of para-hydroxylation sites is 1. The number of thioether (sulfide) groups is 1. The van der Waals surface area contributed by atoms with Crippen molar-refractivity contribution in [2.45, 2.75) is 6.61 Å². The van der Waals surface area contributed by atoms with Crippen LogP contribution in [0.4, 0.5) is 11.4 Å². The molecule has 166 valence electrons. The van der Waals surface area contributed by atoms with E-state index in [9.17, 15) is 4.79 Å². The number of hydrogen-bond donors (Lipinski definition) is 1. The zero-order valence-corrected chi connectivity index (χ0v) is 19.1. The Hall–Kier alpha value is -3.51. The van der Waals surface area contributed by atoms with Gasteiger partial charge < -0.3 is 15.0 Å². The molecule has 0 aliphatic carbocycles. The molecule has 0 spiro atoms. The molecule has 0 atom stereocenters. The van der Waals surface area contributed by atoms with Crippen molar-refractivity contribution in [2.75, 3.05) is 29.9 Å². The van der Waals surface area contributed by atoms with Gasteiger partial charge in [0.05, 0.1) is 11.2 Å². The van der Waals surface area contributed by atoms with E-state index >= 15 is 0 Å². The van der Waals surface area contributed by atoms with Crippen LogP contribution in [0.5, 0.6) is 5.75 Å². The lowest BCUT2D eigenvalue weighted by atomic mass is 10.1. The van der Waals surface area contributed by atoms with Gasteiger partial charge in [-0.1, -0.05) is 48.5 Å². The van der Waals surface area contributed by atoms with E-state index in [2.05, 4.69) is 10.3 Å². The van der Waals surface area contributed by atoms with E-state index < -0.39 is 0 Å². The molecule has 33 heavy (non-hydrogen) atoms. The van der Waals surface area contributed by atoms with E-state index in [1.165, 1.54) is 0 Å². The summed E-state index contributed by atoms with van der Waals surface area (Å²) in [7, 11) is 0. The van der Waals surface area contributed by atoms with Crippen molar-refractivity contribution in [2.24, 2.45) is 0 Å². The number of carbonyl (C=O) groups excluding carboxylic acids is 1. The van der Waals surface area contributed by atoms with Crippen molar-refractivity contribution in [1.29, 1.82) is 0 Å². The average molecular weight is 456 g/mol. The van der Waals surface area contributed by atoms with Gasteiger partial charge >= 0.3 is 0 Å². The number of anilines is 2. The number of aromatic nitrogens is 1. The first kappa shape index (κ1) is 21.3. The lowest BCUT2D eigenvalue weighted by molar-refractivity contribution is 0.0767. The molecule has 3 aromatic carbocycles. The predicted octanol–water partition coefficient (Wildman–Crippen LogP) is 5.75. The maximum Gasteiger partial charge on any atom is 0.272 e. The first-order chi connectivity index (χ1) is 16.3. The largest absolute Gasteiger partial charge is 0.489 e. The second-order valence-corrected chi connectivity index (χ2v) is 9.13. The lowest BCUT2D eigenvalue weighted by Crippen LogP contribution is -2.38. The van der Waals surface area contributed by atoms with Gasteiger partial charge in [-0.3, -0.25) is 4.79 Å². The Morgan fingerprint density at radius 3 is 2.45 bits per heavy atom. The number of nitrogens with zero attached hydrogens (tertiary/aromatic N) is 2. The van der Waals surface area contributed by atoms with E-state index in [1.807, 2.05) is 102 Å². The third-order valence-corrected chi connectivity index (χ3v) is 6.56. The van der Waals surface area contributed by atoms with Crippen molar-refractivity contribution in [3.8, 4) is 5.75 Å². The number of hydrogen-bond acceptors (Lipinski definition) is 5. The summed E-state index contributed by atoms with van der Waals surface area (Å²) in [5.74, 6) is 2.75. The molecule has 1 saturated heterocycles. The maximum absolute atomic E-state index is 13.1. The molecule has 2 heterocycles. The highest BCUT2D eigenvalue weighted by molar-refractivity contribution is 7.99. The number of rotatable bonds is 6. The Labute approximate surface area is 197 Å². The Balaban J connectivity index is 1.36. The Bertz CT molecular complexity index is 1240. The normalized spacial score (nSPS) is 13.6. The number of pyridine rings is 1. The van der Waals surface area contributed by atoms with Gasteiger partial charge in [-0.25, -0.2) is 4.98 Å². The van der Waals surface area contributed by atoms with Gasteiger partial charge in [-0.15, -0.1) is 0 Å². The van der Waals surface area contributed by atoms with Crippen LogP contribution < -0.4 is 10.1 Å². The second-order valence-electron chi connectivity index (χ2n) is 7.90. The summed E-state index contributed by atoms with van der Waals surface area (Å²) in [4.78, 5) is 19.7. The van der Waals surface area contributed by atoms with E-state index in [4.69, 9.17) is 4.74 Å². The molecule has 1 amide bonds. The maximum atomic E-state index is 13.1. The molecule has 1 aliphatic rings. The van der Waals surface area contributed by atoms with Crippen LogP contribution in [0.15, 0.2) is 84.9 Å². The minimum absolute atomic E-state index is 0.00578. The van der Waals surface area contributed by atoms with Gasteiger partial charge in [-0.05, 0) is 42.0 Å². The van der Waals surface area contributed by atoms with Crippen molar-refractivity contribution in [3.63, 3.8) is 0 Å². The van der Waals surface area contributed by atoms with Crippen LogP contribution in [0, 0.1) is 0 Å². The van der Waals surface area contributed by atoms with E-state index in [1.54, 1.807) is 0 Å². The highest BCUT2D eigenvalue weighted by atomic mass is 32.2. The lowest BCUT2D eigenvalue weighted by Gasteiger charge is -2.26. The minimum Gasteiger partial charge on any atom is -0.489 e. The Kier molecular flexibility index (Phi) is 6.44. The van der Waals surface area contributed by atoms with Crippen molar-refractivity contribution < 1.29 is 9.53 Å². The molecule has 0 unspecified atom stereocenters. The van der Waals surface area contributed by atoms with Gasteiger partial charge in [0.1, 0.15) is 18.1 Å². The summed E-state index contributed by atoms with van der Waals surface area (Å²) in [6, 6.07) is 27.8. The summed E-state index contributed by atoms with van der Waals surface area (Å²) >= 11 is 1.89. The summed E-state index contributed by atoms with van der Waals surface area (Å²) in [5.41, 5.74) is 4.21. The molecule has 1 N–H and O–H groups in total. The van der Waals surface area contributed by atoms with Crippen LogP contribution in [0.25, 0.3) is 10.9 Å². The third-order valence-electron chi connectivity index (χ3n) is 5.62. The zero-order chi connectivity index (χ0) is 22.5. The molecular weight excluding hydrogens is 430 g/mol. The summed E-state index contributed by atoms with van der Waals surface area (Å²) < 4.78 is 5.90. The fourth-order valence-electron chi connectivity index (χ4n) is 3.85. The molecule has 0 bridgehead atoms. The first-order valence-corrected chi connectivity index (χ1v) is 12.2. The zero-order valence-electron chi connectivity index (χ0n) is 18.2. The van der Waals surface area contributed by atoms with Crippen LogP contribution in [0.3, 0.4) is 0 Å². The van der Waals surface area contributed by atoms with Gasteiger partial charge in [0.25, 0.3) is 5.91 Å². The molecule has 1 fully saturated rings. The van der Waals surface area contributed by atoms with Crippen LogP contribution in [-0.4, -0.2) is 40.4 Å². The topological polar surface area (TPSA) is 54.5 Å². The fourth-order valence-corrected chi connectivity index (χ4v) is 4.75. The van der Waals surface area contributed by atoms with E-state index in [0.29, 0.717) is 12.3 Å². The number of nitrogens with one attached hydrogen (secondary N) is 1. The average Bonchev–Trinajstić information content (AvgIpc) is 2.89. The van der Waals surface area contributed by atoms with Crippen molar-refractivity contribution in [3.05, 3.63) is 96.2 Å². The number of fused-ring (bicyclic) bond motifs is 1. The summed E-state index contributed by atoms with van der Waals surface area (Å²) in [6.07, 6.45) is 0. The highest BCUT2D eigenvalue weighted by Crippen LogP contribution is 2.28. The molecule has 5 nitrogen and oxygen atoms in total. The Morgan fingerprint density at radius 2 is 1.67 bits per heavy atom. The monoisotopic (exact) mass is 455 g/mol. The number of amides is 1. The number of carbonyl (C=O) groups is 1. The second kappa shape index (κ2) is 9.96.